The van der Waals surface area contributed by atoms with Gasteiger partial charge in [-0.1, -0.05) is 19.3 Å². The van der Waals surface area contributed by atoms with Gasteiger partial charge in [0.15, 0.2) is 0 Å². The van der Waals surface area contributed by atoms with E-state index in [9.17, 15) is 14.4 Å². The van der Waals surface area contributed by atoms with Gasteiger partial charge in [0.05, 0.1) is 17.7 Å². The lowest BCUT2D eigenvalue weighted by molar-refractivity contribution is -0.143. The van der Waals surface area contributed by atoms with E-state index < -0.39 is 5.41 Å². The number of carbonyl (C=O) groups is 2. The molecule has 1 saturated carbocycles. The molecule has 0 bridgehead atoms. The largest absolute Gasteiger partial charge is 0.276 e. The van der Waals surface area contributed by atoms with Crippen molar-refractivity contribution in [3.63, 3.8) is 0 Å². The highest BCUT2D eigenvalue weighted by atomic mass is 16.2. The van der Waals surface area contributed by atoms with Crippen LogP contribution in [0.4, 0.5) is 0 Å². The molecule has 6 nitrogen and oxygen atoms in total. The van der Waals surface area contributed by atoms with Crippen LogP contribution in [0, 0.1) is 12.3 Å². The summed E-state index contributed by atoms with van der Waals surface area (Å²) in [6.07, 6.45) is 6.71. The summed E-state index contributed by atoms with van der Waals surface area (Å²) in [6.45, 7) is 2.01. The van der Waals surface area contributed by atoms with Gasteiger partial charge in [0.2, 0.25) is 11.8 Å². The molecule has 2 amide bonds. The monoisotopic (exact) mass is 339 g/mol. The number of likely N-dealkylation sites (tertiary alicyclic amines) is 1. The van der Waals surface area contributed by atoms with Crippen LogP contribution in [0.1, 0.15) is 49.8 Å². The van der Waals surface area contributed by atoms with E-state index in [0.29, 0.717) is 17.8 Å². The van der Waals surface area contributed by atoms with Gasteiger partial charge in [0.25, 0.3) is 5.56 Å². The first kappa shape index (κ1) is 16.0. The van der Waals surface area contributed by atoms with E-state index in [4.69, 9.17) is 0 Å². The maximum atomic E-state index is 12.9. The van der Waals surface area contributed by atoms with Gasteiger partial charge in [-0.05, 0) is 37.5 Å². The van der Waals surface area contributed by atoms with Crippen molar-refractivity contribution in [3.05, 3.63) is 46.0 Å². The molecule has 0 atom stereocenters. The topological polar surface area (TPSA) is 71.8 Å². The SMILES string of the molecule is Cc1ccn2c(=O)cc(CN3C(=O)CC4(CCCCC4)C3=O)nc2c1. The molecule has 2 aromatic rings. The Morgan fingerprint density at radius 1 is 1.12 bits per heavy atom. The van der Waals surface area contributed by atoms with Gasteiger partial charge in [-0.2, -0.15) is 0 Å². The maximum absolute atomic E-state index is 12.9. The summed E-state index contributed by atoms with van der Waals surface area (Å²) in [4.78, 5) is 43.4. The Morgan fingerprint density at radius 2 is 1.88 bits per heavy atom. The number of nitrogens with zero attached hydrogens (tertiary/aromatic N) is 3. The number of hydrogen-bond acceptors (Lipinski definition) is 4. The first-order chi connectivity index (χ1) is 12.0. The molecule has 2 aliphatic rings. The molecule has 6 heteroatoms. The van der Waals surface area contributed by atoms with Crippen LogP contribution in [-0.2, 0) is 16.1 Å². The number of imide groups is 1. The summed E-state index contributed by atoms with van der Waals surface area (Å²) >= 11 is 0. The van der Waals surface area contributed by atoms with Crippen molar-refractivity contribution in [2.75, 3.05) is 0 Å². The van der Waals surface area contributed by atoms with Crippen LogP contribution in [-0.4, -0.2) is 26.1 Å². The third-order valence-electron chi connectivity index (χ3n) is 5.50. The van der Waals surface area contributed by atoms with Gasteiger partial charge >= 0.3 is 0 Å². The molecule has 130 valence electrons. The standard InChI is InChI=1S/C19H21N3O3/c1-13-5-8-21-15(9-13)20-14(10-16(21)23)12-22-17(24)11-19(18(22)25)6-3-2-4-7-19/h5,8-10H,2-4,6-7,11-12H2,1H3. The molecule has 1 spiro atoms. The highest BCUT2D eigenvalue weighted by Crippen LogP contribution is 2.45. The van der Waals surface area contributed by atoms with Crippen LogP contribution in [0.3, 0.4) is 0 Å². The van der Waals surface area contributed by atoms with Crippen molar-refractivity contribution in [2.24, 2.45) is 5.41 Å². The average Bonchev–Trinajstić information content (AvgIpc) is 2.79. The van der Waals surface area contributed by atoms with Crippen molar-refractivity contribution in [1.29, 1.82) is 0 Å². The molecule has 0 unspecified atom stereocenters. The smallest absolute Gasteiger partial charge is 0.258 e. The Kier molecular flexibility index (Phi) is 3.71. The number of rotatable bonds is 2. The highest BCUT2D eigenvalue weighted by molar-refractivity contribution is 6.05. The highest BCUT2D eigenvalue weighted by Gasteiger charge is 2.51. The summed E-state index contributed by atoms with van der Waals surface area (Å²) in [5, 5.41) is 0. The Labute approximate surface area is 145 Å². The van der Waals surface area contributed by atoms with E-state index in [1.807, 2.05) is 19.1 Å². The lowest BCUT2D eigenvalue weighted by atomic mass is 9.73. The molecule has 3 heterocycles. The van der Waals surface area contributed by atoms with Gasteiger partial charge in [0, 0.05) is 18.7 Å². The third-order valence-corrected chi connectivity index (χ3v) is 5.50. The Bertz CT molecular complexity index is 925. The van der Waals surface area contributed by atoms with E-state index in [1.165, 1.54) is 15.4 Å². The van der Waals surface area contributed by atoms with Crippen molar-refractivity contribution >= 4 is 17.5 Å². The molecule has 1 aliphatic heterocycles. The molecule has 2 fully saturated rings. The van der Waals surface area contributed by atoms with Crippen LogP contribution in [0.5, 0.6) is 0 Å². The molecular formula is C19H21N3O3. The number of aromatic nitrogens is 2. The van der Waals surface area contributed by atoms with Crippen molar-refractivity contribution < 1.29 is 9.59 Å². The number of amides is 2. The molecule has 25 heavy (non-hydrogen) atoms. The molecule has 0 N–H and O–H groups in total. The van der Waals surface area contributed by atoms with Crippen LogP contribution in [0.2, 0.25) is 0 Å². The zero-order chi connectivity index (χ0) is 17.6. The first-order valence-corrected chi connectivity index (χ1v) is 8.82. The summed E-state index contributed by atoms with van der Waals surface area (Å²) < 4.78 is 1.47. The van der Waals surface area contributed by atoms with Gasteiger partial charge in [0.1, 0.15) is 5.65 Å². The minimum absolute atomic E-state index is 0.0801. The quantitative estimate of drug-likeness (QED) is 0.787. The molecular weight excluding hydrogens is 318 g/mol. The van der Waals surface area contributed by atoms with E-state index in [0.717, 1.165) is 37.7 Å². The lowest BCUT2D eigenvalue weighted by Crippen LogP contribution is -2.37. The summed E-state index contributed by atoms with van der Waals surface area (Å²) in [5.74, 6) is -0.221. The number of hydrogen-bond donors (Lipinski definition) is 0. The zero-order valence-corrected chi connectivity index (χ0v) is 14.3. The fourth-order valence-electron chi connectivity index (χ4n) is 4.14. The number of aryl methyl sites for hydroxylation is 1. The average molecular weight is 339 g/mol. The first-order valence-electron chi connectivity index (χ1n) is 8.82. The normalized spacial score (nSPS) is 20.0. The van der Waals surface area contributed by atoms with Crippen LogP contribution >= 0.6 is 0 Å². The molecule has 0 radical (unpaired) electrons. The second-order valence-electron chi connectivity index (χ2n) is 7.32. The minimum atomic E-state index is -0.502. The molecule has 2 aromatic heterocycles. The zero-order valence-electron chi connectivity index (χ0n) is 14.3. The van der Waals surface area contributed by atoms with Gasteiger partial charge < -0.3 is 0 Å². The molecule has 1 saturated heterocycles. The second-order valence-corrected chi connectivity index (χ2v) is 7.32. The predicted molar refractivity (Wildman–Crippen MR) is 91.9 cm³/mol. The summed E-state index contributed by atoms with van der Waals surface area (Å²) in [7, 11) is 0. The van der Waals surface area contributed by atoms with E-state index >= 15 is 0 Å². The van der Waals surface area contributed by atoms with E-state index in [-0.39, 0.29) is 23.9 Å². The molecule has 1 aliphatic carbocycles. The van der Waals surface area contributed by atoms with Gasteiger partial charge in [-0.15, -0.1) is 0 Å². The lowest BCUT2D eigenvalue weighted by Gasteiger charge is -2.30. The summed E-state index contributed by atoms with van der Waals surface area (Å²) in [6, 6.07) is 5.08. The third kappa shape index (κ3) is 2.65. The number of fused-ring (bicyclic) bond motifs is 1. The number of carbonyl (C=O) groups excluding carboxylic acids is 2. The Hall–Kier alpha value is -2.50. The van der Waals surface area contributed by atoms with Crippen molar-refractivity contribution in [3.8, 4) is 0 Å². The van der Waals surface area contributed by atoms with Crippen molar-refractivity contribution in [1.82, 2.24) is 14.3 Å². The van der Waals surface area contributed by atoms with Crippen LogP contribution in [0.25, 0.3) is 5.65 Å². The van der Waals surface area contributed by atoms with Crippen molar-refractivity contribution in [2.45, 2.75) is 52.0 Å². The van der Waals surface area contributed by atoms with Gasteiger partial charge in [-0.25, -0.2) is 4.98 Å². The number of pyridine rings is 1. The predicted octanol–water partition coefficient (Wildman–Crippen LogP) is 2.21. The Balaban J connectivity index is 1.66. The van der Waals surface area contributed by atoms with Crippen LogP contribution < -0.4 is 5.56 Å². The van der Waals surface area contributed by atoms with E-state index in [1.54, 1.807) is 6.20 Å². The van der Waals surface area contributed by atoms with Crippen LogP contribution in [0.15, 0.2) is 29.2 Å². The maximum Gasteiger partial charge on any atom is 0.258 e. The van der Waals surface area contributed by atoms with Gasteiger partial charge in [-0.3, -0.25) is 23.7 Å². The minimum Gasteiger partial charge on any atom is -0.276 e. The summed E-state index contributed by atoms with van der Waals surface area (Å²) in [5.41, 5.74) is 1.29. The fraction of sp³-hybridized carbons (Fsp3) is 0.474. The Morgan fingerprint density at radius 3 is 2.64 bits per heavy atom. The second kappa shape index (κ2) is 5.79. The fourth-order valence-corrected chi connectivity index (χ4v) is 4.14. The molecule has 4 rings (SSSR count). The van der Waals surface area contributed by atoms with E-state index in [2.05, 4.69) is 4.98 Å². The molecule has 0 aromatic carbocycles.